The lowest BCUT2D eigenvalue weighted by Gasteiger charge is -2.04. The normalized spacial score (nSPS) is 12.2. The first kappa shape index (κ1) is 16.4. The minimum atomic E-state index is 0.731. The Morgan fingerprint density at radius 2 is 1.83 bits per heavy atom. The second kappa shape index (κ2) is 6.22. The number of aryl methyl sites for hydroxylation is 1. The molecule has 0 N–H and O–H groups in total. The van der Waals surface area contributed by atoms with Gasteiger partial charge in [-0.15, -0.1) is 10.2 Å². The summed E-state index contributed by atoms with van der Waals surface area (Å²) in [6.45, 7) is 2.65. The van der Waals surface area contributed by atoms with Gasteiger partial charge < -0.3 is 9.09 Å². The van der Waals surface area contributed by atoms with E-state index in [1.54, 1.807) is 0 Å². The minimum absolute atomic E-state index is 0.731. The van der Waals surface area contributed by atoms with Crippen LogP contribution in [-0.2, 0) is 6.54 Å². The van der Waals surface area contributed by atoms with Gasteiger partial charge in [0, 0.05) is 17.3 Å². The van der Waals surface area contributed by atoms with Crippen LogP contribution in [0, 0.1) is 6.92 Å². The predicted octanol–water partition coefficient (Wildman–Crippen LogP) is 5.06. The summed E-state index contributed by atoms with van der Waals surface area (Å²) >= 11 is 1.49. The molecule has 7 heteroatoms. The van der Waals surface area contributed by atoms with Crippen molar-refractivity contribution >= 4 is 11.5 Å². The number of rotatable bonds is 3. The molecule has 0 unspecified atom stereocenters. The number of benzene rings is 2. The Morgan fingerprint density at radius 1 is 0.966 bits per heavy atom. The van der Waals surface area contributed by atoms with Gasteiger partial charge in [-0.2, -0.15) is 0 Å². The van der Waals surface area contributed by atoms with Gasteiger partial charge in [-0.1, -0.05) is 47.6 Å². The van der Waals surface area contributed by atoms with Crippen LogP contribution < -0.4 is 0 Å². The van der Waals surface area contributed by atoms with Crippen LogP contribution in [0.2, 0.25) is 0 Å². The molecule has 0 saturated carbocycles. The van der Waals surface area contributed by atoms with E-state index < -0.39 is 0 Å². The van der Waals surface area contributed by atoms with Crippen molar-refractivity contribution in [3.8, 4) is 44.5 Å². The van der Waals surface area contributed by atoms with Crippen molar-refractivity contribution in [3.05, 3.63) is 72.1 Å². The van der Waals surface area contributed by atoms with Gasteiger partial charge >= 0.3 is 0 Å². The van der Waals surface area contributed by atoms with E-state index in [1.165, 1.54) is 17.1 Å². The highest BCUT2D eigenvalue weighted by molar-refractivity contribution is 7.09. The third kappa shape index (κ3) is 2.48. The molecular weight excluding hydrogens is 382 g/mol. The molecule has 4 heterocycles. The molecule has 1 aliphatic rings. The number of hydrogen-bond acceptors (Lipinski definition) is 6. The Balaban J connectivity index is 1.49. The van der Waals surface area contributed by atoms with Crippen molar-refractivity contribution in [2.45, 2.75) is 13.5 Å². The fourth-order valence-electron chi connectivity index (χ4n) is 3.88. The Kier molecular flexibility index (Phi) is 3.51. The minimum Gasteiger partial charge on any atom is -0.360 e. The Labute approximate surface area is 170 Å². The molecule has 140 valence electrons. The molecular formula is C22H15N5OS. The van der Waals surface area contributed by atoms with Gasteiger partial charge in [-0.25, -0.2) is 4.37 Å². The van der Waals surface area contributed by atoms with Crippen LogP contribution in [0.5, 0.6) is 0 Å². The van der Waals surface area contributed by atoms with E-state index in [1.807, 2.05) is 49.5 Å². The Hall–Kier alpha value is -3.58. The molecule has 5 aromatic rings. The third-order valence-electron chi connectivity index (χ3n) is 5.29. The van der Waals surface area contributed by atoms with Crippen LogP contribution in [0.15, 0.2) is 65.3 Å². The lowest BCUT2D eigenvalue weighted by Crippen LogP contribution is -1.98. The quantitative estimate of drug-likeness (QED) is 0.417. The fourth-order valence-corrected chi connectivity index (χ4v) is 4.47. The highest BCUT2D eigenvalue weighted by Gasteiger charge is 2.29. The van der Waals surface area contributed by atoms with E-state index in [0.29, 0.717) is 0 Å². The van der Waals surface area contributed by atoms with Crippen molar-refractivity contribution in [3.63, 3.8) is 0 Å². The maximum absolute atomic E-state index is 5.54. The summed E-state index contributed by atoms with van der Waals surface area (Å²) < 4.78 is 11.9. The molecule has 0 bridgehead atoms. The zero-order valence-corrected chi connectivity index (χ0v) is 16.3. The number of nitrogens with zero attached hydrogens (tertiary/aromatic N) is 5. The number of fused-ring (bicyclic) bond motifs is 3. The summed E-state index contributed by atoms with van der Waals surface area (Å²) in [7, 11) is 0. The monoisotopic (exact) mass is 397 g/mol. The van der Waals surface area contributed by atoms with E-state index in [2.05, 4.69) is 42.5 Å². The summed E-state index contributed by atoms with van der Waals surface area (Å²) in [6.07, 6.45) is 1.83. The average molecular weight is 397 g/mol. The largest absolute Gasteiger partial charge is 0.360 e. The van der Waals surface area contributed by atoms with Gasteiger partial charge in [0.15, 0.2) is 11.6 Å². The zero-order chi connectivity index (χ0) is 19.4. The van der Waals surface area contributed by atoms with Crippen molar-refractivity contribution in [1.29, 1.82) is 0 Å². The molecule has 29 heavy (non-hydrogen) atoms. The average Bonchev–Trinajstić information content (AvgIpc) is 3.52. The van der Waals surface area contributed by atoms with Crippen LogP contribution in [-0.4, -0.2) is 24.3 Å². The van der Waals surface area contributed by atoms with E-state index in [-0.39, 0.29) is 0 Å². The van der Waals surface area contributed by atoms with Gasteiger partial charge in [0.1, 0.15) is 11.5 Å². The highest BCUT2D eigenvalue weighted by Crippen LogP contribution is 2.40. The van der Waals surface area contributed by atoms with E-state index in [9.17, 15) is 0 Å². The lowest BCUT2D eigenvalue weighted by atomic mass is 10.0. The van der Waals surface area contributed by atoms with Crippen LogP contribution in [0.1, 0.15) is 11.3 Å². The van der Waals surface area contributed by atoms with Crippen LogP contribution >= 0.6 is 11.5 Å². The van der Waals surface area contributed by atoms with Gasteiger partial charge in [0.25, 0.3) is 0 Å². The Morgan fingerprint density at radius 3 is 2.66 bits per heavy atom. The summed E-state index contributed by atoms with van der Waals surface area (Å²) in [5, 5.41) is 13.3. The van der Waals surface area contributed by atoms with Crippen LogP contribution in [0.3, 0.4) is 0 Å². The number of aromatic nitrogens is 5. The first-order valence-electron chi connectivity index (χ1n) is 9.29. The molecule has 6 rings (SSSR count). The lowest BCUT2D eigenvalue weighted by molar-refractivity contribution is 0.400. The highest BCUT2D eigenvalue weighted by atomic mass is 32.1. The van der Waals surface area contributed by atoms with Gasteiger partial charge in [0.2, 0.25) is 0 Å². The van der Waals surface area contributed by atoms with Crippen molar-refractivity contribution in [2.75, 3.05) is 0 Å². The predicted molar refractivity (Wildman–Crippen MR) is 111 cm³/mol. The summed E-state index contributed by atoms with van der Waals surface area (Å²) in [6, 6.07) is 18.6. The molecule has 3 aromatic heterocycles. The van der Waals surface area contributed by atoms with Crippen LogP contribution in [0.25, 0.3) is 44.5 Å². The van der Waals surface area contributed by atoms with Gasteiger partial charge in [-0.3, -0.25) is 0 Å². The van der Waals surface area contributed by atoms with Crippen LogP contribution in [0.4, 0.5) is 0 Å². The molecule has 0 fully saturated rings. The second-order valence-electron chi connectivity index (χ2n) is 7.01. The summed E-state index contributed by atoms with van der Waals surface area (Å²) in [5.41, 5.74) is 6.19. The number of hydrogen-bond donors (Lipinski definition) is 0. The smallest absolute Gasteiger partial charge is 0.170 e. The fraction of sp³-hybridized carbons (Fsp3) is 0.0909. The molecule has 2 aromatic carbocycles. The Bertz CT molecular complexity index is 1340. The molecule has 0 atom stereocenters. The maximum atomic E-state index is 5.54. The SMILES string of the molecule is Cc1onc(-c2ccccc2)c1-c1nnc2n1Cc1ccc(-c3ccns3)cc1-2. The zero-order valence-electron chi connectivity index (χ0n) is 15.5. The van der Waals surface area contributed by atoms with E-state index >= 15 is 0 Å². The van der Waals surface area contributed by atoms with Crippen molar-refractivity contribution in [1.82, 2.24) is 24.3 Å². The maximum Gasteiger partial charge on any atom is 0.170 e. The summed E-state index contributed by atoms with van der Waals surface area (Å²) in [5.74, 6) is 2.40. The standard InChI is InChI=1S/C22H15N5OS/c1-13-19(20(26-28-13)14-5-3-2-4-6-14)22-25-24-21-17-11-15(18-9-10-23-29-18)7-8-16(17)12-27(21)22/h2-11H,12H2,1H3. The molecule has 0 aliphatic carbocycles. The molecule has 0 radical (unpaired) electrons. The van der Waals surface area contributed by atoms with Crippen molar-refractivity contribution < 1.29 is 4.52 Å². The van der Waals surface area contributed by atoms with Crippen molar-refractivity contribution in [2.24, 2.45) is 0 Å². The van der Waals surface area contributed by atoms with Gasteiger partial charge in [-0.05, 0) is 41.7 Å². The molecule has 0 amide bonds. The molecule has 6 nitrogen and oxygen atoms in total. The first-order valence-corrected chi connectivity index (χ1v) is 10.1. The van der Waals surface area contributed by atoms with Gasteiger partial charge in [0.05, 0.1) is 17.0 Å². The topological polar surface area (TPSA) is 69.6 Å². The molecule has 0 saturated heterocycles. The first-order chi connectivity index (χ1) is 14.3. The second-order valence-corrected chi connectivity index (χ2v) is 7.84. The van der Waals surface area contributed by atoms with E-state index in [0.717, 1.165) is 56.8 Å². The summed E-state index contributed by atoms with van der Waals surface area (Å²) in [4.78, 5) is 1.15. The third-order valence-corrected chi connectivity index (χ3v) is 6.08. The van der Waals surface area contributed by atoms with E-state index in [4.69, 9.17) is 4.52 Å². The molecule has 0 spiro atoms. The molecule has 1 aliphatic heterocycles.